The summed E-state index contributed by atoms with van der Waals surface area (Å²) < 4.78 is 18.3. The average molecular weight is 313 g/mol. The Morgan fingerprint density at radius 1 is 1.39 bits per heavy atom. The minimum Gasteiger partial charge on any atom is -0.346 e. The zero-order valence-corrected chi connectivity index (χ0v) is 10.9. The van der Waals surface area contributed by atoms with E-state index in [-0.39, 0.29) is 29.0 Å². The fraction of sp³-hybridized carbons (Fsp3) is 0.333. The highest BCUT2D eigenvalue weighted by atomic mass is 79.9. The van der Waals surface area contributed by atoms with Crippen molar-refractivity contribution in [1.29, 1.82) is 0 Å². The molecule has 3 atom stereocenters. The number of alkyl halides is 1. The maximum atomic E-state index is 12.8. The van der Waals surface area contributed by atoms with Gasteiger partial charge in [-0.2, -0.15) is 0 Å². The fourth-order valence-electron chi connectivity index (χ4n) is 1.95. The average Bonchev–Trinajstić information content (AvgIpc) is 3.14. The summed E-state index contributed by atoms with van der Waals surface area (Å²) in [5, 5.41) is 0. The van der Waals surface area contributed by atoms with Gasteiger partial charge in [0.1, 0.15) is 11.9 Å². The topological polar surface area (TPSA) is 45.2 Å². The van der Waals surface area contributed by atoms with Crippen LogP contribution >= 0.6 is 15.9 Å². The van der Waals surface area contributed by atoms with Crippen molar-refractivity contribution >= 4 is 28.2 Å². The van der Waals surface area contributed by atoms with Gasteiger partial charge in [0.05, 0.1) is 11.4 Å². The number of carbonyl (C=O) groups excluding carboxylic acids is 1. The second-order valence-electron chi connectivity index (χ2n) is 4.25. The summed E-state index contributed by atoms with van der Waals surface area (Å²) in [6.07, 6.45) is 1.27. The predicted molar refractivity (Wildman–Crippen MR) is 67.2 cm³/mol. The Bertz CT molecular complexity index is 505. The number of hydrogen-bond donors (Lipinski definition) is 0. The number of hydrogen-bond acceptors (Lipinski definition) is 2. The van der Waals surface area contributed by atoms with E-state index < -0.39 is 0 Å². The first-order valence-corrected chi connectivity index (χ1v) is 6.45. The molecule has 0 radical (unpaired) electrons. The van der Waals surface area contributed by atoms with E-state index in [1.807, 2.05) is 0 Å². The molecule has 0 N–H and O–H groups in total. The van der Waals surface area contributed by atoms with E-state index in [0.717, 1.165) is 5.56 Å². The van der Waals surface area contributed by atoms with Gasteiger partial charge in [-0.05, 0) is 17.7 Å². The smallest absolute Gasteiger partial charge is 0.345 e. The van der Waals surface area contributed by atoms with Crippen LogP contribution in [0, 0.1) is 5.82 Å². The van der Waals surface area contributed by atoms with Gasteiger partial charge in [0.15, 0.2) is 6.23 Å². The number of urea groups is 1. The molecule has 2 aliphatic heterocycles. The Balaban J connectivity index is 1.78. The van der Waals surface area contributed by atoms with Crippen molar-refractivity contribution in [3.63, 3.8) is 0 Å². The Hall–Kier alpha value is -1.27. The molecule has 1 saturated heterocycles. The maximum absolute atomic E-state index is 12.8. The van der Waals surface area contributed by atoms with Crippen LogP contribution in [0.5, 0.6) is 0 Å². The summed E-state index contributed by atoms with van der Waals surface area (Å²) in [7, 11) is 0. The highest BCUT2D eigenvalue weighted by Crippen LogP contribution is 2.35. The molecule has 2 amide bonds. The lowest BCUT2D eigenvalue weighted by Gasteiger charge is -2.17. The summed E-state index contributed by atoms with van der Waals surface area (Å²) in [6, 6.07) is 5.73. The molecule has 18 heavy (non-hydrogen) atoms. The molecular formula is C12H10BrFN2O2. The van der Waals surface area contributed by atoms with Gasteiger partial charge in [0.25, 0.3) is 0 Å². The van der Waals surface area contributed by atoms with Crippen LogP contribution in [0.4, 0.5) is 9.18 Å². The number of amides is 2. The van der Waals surface area contributed by atoms with Gasteiger partial charge in [-0.25, -0.2) is 14.2 Å². The van der Waals surface area contributed by atoms with Gasteiger partial charge in [-0.1, -0.05) is 28.1 Å². The Kier molecular flexibility index (Phi) is 2.91. The Labute approximate surface area is 112 Å². The zero-order chi connectivity index (χ0) is 12.7. The van der Waals surface area contributed by atoms with Gasteiger partial charge in [0, 0.05) is 6.21 Å². The number of benzene rings is 1. The molecule has 3 rings (SSSR count). The lowest BCUT2D eigenvalue weighted by atomic mass is 10.2. The number of halogens is 2. The minimum atomic E-state index is -0.325. The van der Waals surface area contributed by atoms with Crippen LogP contribution in [0.15, 0.2) is 29.3 Å². The van der Waals surface area contributed by atoms with E-state index in [1.54, 1.807) is 23.2 Å². The Morgan fingerprint density at radius 2 is 2.11 bits per heavy atom. The molecule has 0 saturated carbocycles. The minimum absolute atomic E-state index is 0.0373. The van der Waals surface area contributed by atoms with Gasteiger partial charge in [-0.3, -0.25) is 4.90 Å². The fourth-order valence-corrected chi connectivity index (χ4v) is 2.45. The molecule has 4 nitrogen and oxygen atoms in total. The summed E-state index contributed by atoms with van der Waals surface area (Å²) in [5.74, 6) is -0.292. The lowest BCUT2D eigenvalue weighted by molar-refractivity contribution is 0.170. The van der Waals surface area contributed by atoms with Crippen LogP contribution in [0.2, 0.25) is 0 Å². The molecule has 6 heteroatoms. The Morgan fingerprint density at radius 3 is 2.83 bits per heavy atom. The van der Waals surface area contributed by atoms with Crippen LogP contribution in [0.25, 0.3) is 0 Å². The lowest BCUT2D eigenvalue weighted by Crippen LogP contribution is -2.31. The zero-order valence-electron chi connectivity index (χ0n) is 9.29. The summed E-state index contributed by atoms with van der Waals surface area (Å²) in [4.78, 5) is 17.2. The molecule has 2 aliphatic rings. The van der Waals surface area contributed by atoms with Crippen molar-refractivity contribution in [1.82, 2.24) is 4.90 Å². The van der Waals surface area contributed by atoms with Crippen LogP contribution in [0.3, 0.4) is 0 Å². The van der Waals surface area contributed by atoms with Crippen LogP contribution in [0.1, 0.15) is 5.56 Å². The molecule has 1 fully saturated rings. The summed E-state index contributed by atoms with van der Waals surface area (Å²) in [6.45, 7) is 0.372. The molecule has 94 valence electrons. The molecule has 0 aliphatic carbocycles. The van der Waals surface area contributed by atoms with Crippen molar-refractivity contribution in [2.24, 2.45) is 4.99 Å². The van der Waals surface area contributed by atoms with E-state index >= 15 is 0 Å². The molecule has 0 bridgehead atoms. The standard InChI is InChI=1S/C12H10BrFN2O2/c13-9-5-15-12(17)16(11-10(9)18-11)6-7-1-3-8(14)4-2-7/h1-5,9-11H,6H2. The third-order valence-corrected chi connectivity index (χ3v) is 3.72. The van der Waals surface area contributed by atoms with Crippen molar-refractivity contribution < 1.29 is 13.9 Å². The SMILES string of the molecule is O=C1N=CC(Br)C2OC2N1Cc1ccc(F)cc1. The number of aliphatic imine (C=N–C) groups is 1. The predicted octanol–water partition coefficient (Wildman–Crippen LogP) is 2.32. The first-order chi connectivity index (χ1) is 8.65. The first-order valence-electron chi connectivity index (χ1n) is 5.54. The van der Waals surface area contributed by atoms with Crippen molar-refractivity contribution in [2.45, 2.75) is 23.7 Å². The van der Waals surface area contributed by atoms with E-state index in [1.165, 1.54) is 12.1 Å². The number of fused-ring (bicyclic) bond motifs is 1. The second-order valence-corrected chi connectivity index (χ2v) is 5.31. The summed E-state index contributed by atoms with van der Waals surface area (Å²) >= 11 is 3.39. The number of rotatable bonds is 2. The highest BCUT2D eigenvalue weighted by molar-refractivity contribution is 9.10. The highest BCUT2D eigenvalue weighted by Gasteiger charge is 2.50. The maximum Gasteiger partial charge on any atom is 0.345 e. The van der Waals surface area contributed by atoms with Gasteiger partial charge in [-0.15, -0.1) is 0 Å². The molecule has 2 heterocycles. The number of carbonyl (C=O) groups is 1. The largest absolute Gasteiger partial charge is 0.346 e. The van der Waals surface area contributed by atoms with Gasteiger partial charge < -0.3 is 4.74 Å². The van der Waals surface area contributed by atoms with E-state index in [4.69, 9.17) is 4.74 Å². The van der Waals surface area contributed by atoms with E-state index in [0.29, 0.717) is 6.54 Å². The van der Waals surface area contributed by atoms with Crippen molar-refractivity contribution in [3.05, 3.63) is 35.6 Å². The molecule has 1 aromatic rings. The molecular weight excluding hydrogens is 303 g/mol. The monoisotopic (exact) mass is 312 g/mol. The van der Waals surface area contributed by atoms with Crippen LogP contribution in [-0.4, -0.2) is 34.3 Å². The third kappa shape index (κ3) is 2.18. The molecule has 0 spiro atoms. The molecule has 3 unspecified atom stereocenters. The molecule has 1 aromatic carbocycles. The first kappa shape index (κ1) is 11.8. The van der Waals surface area contributed by atoms with E-state index in [9.17, 15) is 9.18 Å². The number of epoxide rings is 1. The quantitative estimate of drug-likeness (QED) is 0.621. The van der Waals surface area contributed by atoms with E-state index in [2.05, 4.69) is 20.9 Å². The number of ether oxygens (including phenoxy) is 1. The summed E-state index contributed by atoms with van der Waals surface area (Å²) in [5.41, 5.74) is 0.849. The normalized spacial score (nSPS) is 30.0. The van der Waals surface area contributed by atoms with Crippen LogP contribution in [-0.2, 0) is 11.3 Å². The van der Waals surface area contributed by atoms with Gasteiger partial charge in [0.2, 0.25) is 0 Å². The molecule has 0 aromatic heterocycles. The number of nitrogens with zero attached hydrogens (tertiary/aromatic N) is 2. The second kappa shape index (κ2) is 4.44. The van der Waals surface area contributed by atoms with Crippen LogP contribution < -0.4 is 0 Å². The van der Waals surface area contributed by atoms with Gasteiger partial charge >= 0.3 is 6.03 Å². The van der Waals surface area contributed by atoms with Crippen molar-refractivity contribution in [3.8, 4) is 0 Å². The van der Waals surface area contributed by atoms with Crippen molar-refractivity contribution in [2.75, 3.05) is 0 Å². The third-order valence-electron chi connectivity index (χ3n) is 2.96.